The molecule has 0 aliphatic heterocycles. The Kier molecular flexibility index (Phi) is 4.94. The quantitative estimate of drug-likeness (QED) is 0.446. The third-order valence-corrected chi connectivity index (χ3v) is 2.63. The van der Waals surface area contributed by atoms with Crippen molar-refractivity contribution in [3.05, 3.63) is 77.4 Å². The zero-order valence-electron chi connectivity index (χ0n) is 11.0. The Bertz CT molecular complexity index is 541. The smallest absolute Gasteiger partial charge is 0.135 e. The molecule has 0 amide bonds. The second kappa shape index (κ2) is 7.17. The van der Waals surface area contributed by atoms with E-state index in [1.807, 2.05) is 42.5 Å². The summed E-state index contributed by atoms with van der Waals surface area (Å²) in [5.74, 6) is 0. The molecule has 0 saturated carbocycles. The van der Waals surface area contributed by atoms with Gasteiger partial charge in [0.25, 0.3) is 0 Å². The van der Waals surface area contributed by atoms with Gasteiger partial charge in [0.1, 0.15) is 6.61 Å². The first kappa shape index (κ1) is 13.1. The Morgan fingerprint density at radius 1 is 0.947 bits per heavy atom. The summed E-state index contributed by atoms with van der Waals surface area (Å²) in [7, 11) is 0. The Morgan fingerprint density at radius 2 is 1.68 bits per heavy atom. The molecular formula is C17H17NO. The molecule has 0 aliphatic carbocycles. The third kappa shape index (κ3) is 4.80. The first-order chi connectivity index (χ1) is 9.34. The van der Waals surface area contributed by atoms with E-state index in [1.165, 1.54) is 11.1 Å². The van der Waals surface area contributed by atoms with Crippen LogP contribution in [-0.2, 0) is 4.84 Å². The van der Waals surface area contributed by atoms with E-state index < -0.39 is 0 Å². The zero-order chi connectivity index (χ0) is 13.3. The van der Waals surface area contributed by atoms with Crippen molar-refractivity contribution in [1.82, 2.24) is 0 Å². The Balaban J connectivity index is 1.75. The molecule has 96 valence electrons. The monoisotopic (exact) mass is 251 g/mol. The number of hydrogen-bond acceptors (Lipinski definition) is 2. The van der Waals surface area contributed by atoms with Gasteiger partial charge in [-0.2, -0.15) is 0 Å². The van der Waals surface area contributed by atoms with E-state index in [2.05, 4.69) is 36.3 Å². The summed E-state index contributed by atoms with van der Waals surface area (Å²) >= 11 is 0. The molecule has 2 rings (SSSR count). The fraction of sp³-hybridized carbons (Fsp3) is 0.118. The summed E-state index contributed by atoms with van der Waals surface area (Å²) < 4.78 is 0. The third-order valence-electron chi connectivity index (χ3n) is 2.63. The summed E-state index contributed by atoms with van der Waals surface area (Å²) in [5, 5.41) is 3.91. The van der Waals surface area contributed by atoms with Crippen LogP contribution in [0, 0.1) is 6.92 Å². The van der Waals surface area contributed by atoms with Gasteiger partial charge in [0, 0.05) is 0 Å². The fourth-order valence-corrected chi connectivity index (χ4v) is 1.59. The van der Waals surface area contributed by atoms with Gasteiger partial charge in [0.15, 0.2) is 0 Å². The highest BCUT2D eigenvalue weighted by Crippen LogP contribution is 2.04. The molecule has 0 spiro atoms. The highest BCUT2D eigenvalue weighted by atomic mass is 16.6. The molecule has 19 heavy (non-hydrogen) atoms. The Hall–Kier alpha value is -2.35. The Morgan fingerprint density at radius 3 is 2.42 bits per heavy atom. The van der Waals surface area contributed by atoms with Crippen LogP contribution < -0.4 is 0 Å². The minimum absolute atomic E-state index is 0.469. The highest BCUT2D eigenvalue weighted by Gasteiger charge is 1.86. The molecule has 0 fully saturated rings. The normalized spacial score (nSPS) is 11.2. The van der Waals surface area contributed by atoms with Crippen molar-refractivity contribution in [2.24, 2.45) is 5.16 Å². The van der Waals surface area contributed by atoms with Crippen molar-refractivity contribution in [2.75, 3.05) is 6.61 Å². The SMILES string of the molecule is Cc1ccc(/C=C/CO/N=C/c2ccccc2)cc1. The largest absolute Gasteiger partial charge is 0.392 e. The van der Waals surface area contributed by atoms with Gasteiger partial charge in [-0.1, -0.05) is 71.4 Å². The van der Waals surface area contributed by atoms with E-state index in [9.17, 15) is 0 Å². The molecule has 0 bridgehead atoms. The van der Waals surface area contributed by atoms with Crippen molar-refractivity contribution >= 4 is 12.3 Å². The summed E-state index contributed by atoms with van der Waals surface area (Å²) in [6.45, 7) is 2.55. The maximum absolute atomic E-state index is 5.17. The standard InChI is InChI=1S/C17H17NO/c1-15-9-11-16(12-10-15)8-5-13-19-18-14-17-6-3-2-4-7-17/h2-12,14H,13H2,1H3/b8-5+,18-14+. The van der Waals surface area contributed by atoms with Gasteiger partial charge in [0.05, 0.1) is 6.21 Å². The molecule has 0 N–H and O–H groups in total. The molecule has 0 radical (unpaired) electrons. The van der Waals surface area contributed by atoms with Gasteiger partial charge >= 0.3 is 0 Å². The number of oxime groups is 1. The Labute approximate surface area is 114 Å². The van der Waals surface area contributed by atoms with Crippen LogP contribution in [0.2, 0.25) is 0 Å². The molecule has 2 nitrogen and oxygen atoms in total. The fourth-order valence-electron chi connectivity index (χ4n) is 1.59. The average molecular weight is 251 g/mol. The molecule has 0 heterocycles. The summed E-state index contributed by atoms with van der Waals surface area (Å²) in [4.78, 5) is 5.17. The van der Waals surface area contributed by atoms with Crippen molar-refractivity contribution < 1.29 is 4.84 Å². The lowest BCUT2D eigenvalue weighted by Crippen LogP contribution is -1.85. The van der Waals surface area contributed by atoms with E-state index >= 15 is 0 Å². The molecule has 0 aromatic heterocycles. The van der Waals surface area contributed by atoms with Gasteiger partial charge in [0.2, 0.25) is 0 Å². The number of rotatable bonds is 5. The molecule has 2 heteroatoms. The van der Waals surface area contributed by atoms with Gasteiger partial charge < -0.3 is 4.84 Å². The topological polar surface area (TPSA) is 21.6 Å². The van der Waals surface area contributed by atoms with E-state index in [-0.39, 0.29) is 0 Å². The van der Waals surface area contributed by atoms with E-state index in [4.69, 9.17) is 4.84 Å². The van der Waals surface area contributed by atoms with Gasteiger partial charge in [-0.05, 0) is 24.1 Å². The summed E-state index contributed by atoms with van der Waals surface area (Å²) in [6, 6.07) is 18.2. The van der Waals surface area contributed by atoms with Gasteiger partial charge in [-0.15, -0.1) is 0 Å². The second-order valence-corrected chi connectivity index (χ2v) is 4.25. The first-order valence-electron chi connectivity index (χ1n) is 6.28. The minimum atomic E-state index is 0.469. The maximum atomic E-state index is 5.17. The molecule has 2 aromatic rings. The highest BCUT2D eigenvalue weighted by molar-refractivity contribution is 5.78. The van der Waals surface area contributed by atoms with E-state index in [1.54, 1.807) is 6.21 Å². The molecule has 0 aliphatic rings. The molecule has 0 saturated heterocycles. The van der Waals surface area contributed by atoms with Crippen molar-refractivity contribution in [1.29, 1.82) is 0 Å². The summed E-state index contributed by atoms with van der Waals surface area (Å²) in [6.07, 6.45) is 5.68. The number of aryl methyl sites for hydroxylation is 1. The zero-order valence-corrected chi connectivity index (χ0v) is 11.0. The minimum Gasteiger partial charge on any atom is -0.392 e. The van der Waals surface area contributed by atoms with Crippen LogP contribution in [0.5, 0.6) is 0 Å². The van der Waals surface area contributed by atoms with Crippen molar-refractivity contribution in [3.63, 3.8) is 0 Å². The maximum Gasteiger partial charge on any atom is 0.135 e. The van der Waals surface area contributed by atoms with Crippen LogP contribution in [0.3, 0.4) is 0 Å². The van der Waals surface area contributed by atoms with Crippen LogP contribution in [-0.4, -0.2) is 12.8 Å². The second-order valence-electron chi connectivity index (χ2n) is 4.25. The van der Waals surface area contributed by atoms with Crippen molar-refractivity contribution in [2.45, 2.75) is 6.92 Å². The van der Waals surface area contributed by atoms with Crippen LogP contribution in [0.4, 0.5) is 0 Å². The van der Waals surface area contributed by atoms with Gasteiger partial charge in [-0.25, -0.2) is 0 Å². The summed E-state index contributed by atoms with van der Waals surface area (Å²) in [5.41, 5.74) is 3.46. The lowest BCUT2D eigenvalue weighted by molar-refractivity contribution is 0.177. The number of nitrogens with zero attached hydrogens (tertiary/aromatic N) is 1. The number of benzene rings is 2. The van der Waals surface area contributed by atoms with Crippen LogP contribution in [0.15, 0.2) is 65.8 Å². The lowest BCUT2D eigenvalue weighted by atomic mass is 10.1. The van der Waals surface area contributed by atoms with E-state index in [0.29, 0.717) is 6.61 Å². The van der Waals surface area contributed by atoms with Gasteiger partial charge in [-0.3, -0.25) is 0 Å². The predicted molar refractivity (Wildman–Crippen MR) is 80.2 cm³/mol. The first-order valence-corrected chi connectivity index (χ1v) is 6.28. The van der Waals surface area contributed by atoms with Crippen LogP contribution in [0.1, 0.15) is 16.7 Å². The lowest BCUT2D eigenvalue weighted by Gasteiger charge is -1.95. The van der Waals surface area contributed by atoms with Crippen LogP contribution in [0.25, 0.3) is 6.08 Å². The predicted octanol–water partition coefficient (Wildman–Crippen LogP) is 4.06. The number of hydrogen-bond donors (Lipinski definition) is 0. The average Bonchev–Trinajstić information content (AvgIpc) is 2.46. The van der Waals surface area contributed by atoms with Crippen LogP contribution >= 0.6 is 0 Å². The van der Waals surface area contributed by atoms with E-state index in [0.717, 1.165) is 5.56 Å². The molecular weight excluding hydrogens is 234 g/mol. The van der Waals surface area contributed by atoms with Crippen molar-refractivity contribution in [3.8, 4) is 0 Å². The molecule has 0 atom stereocenters. The molecule has 2 aromatic carbocycles. The molecule has 0 unspecified atom stereocenters.